The van der Waals surface area contributed by atoms with Crippen molar-refractivity contribution >= 4 is 5.91 Å². The number of carbonyl (C=O) groups is 1. The maximum atomic E-state index is 12.5. The third-order valence-corrected chi connectivity index (χ3v) is 5.36. The van der Waals surface area contributed by atoms with Crippen LogP contribution in [0.3, 0.4) is 0 Å². The molecule has 0 aromatic heterocycles. The average molecular weight is 251 g/mol. The number of hydrogen-bond acceptors (Lipinski definition) is 3. The van der Waals surface area contributed by atoms with E-state index in [-0.39, 0.29) is 11.3 Å². The Morgan fingerprint density at radius 2 is 2.00 bits per heavy atom. The van der Waals surface area contributed by atoms with E-state index in [0.717, 1.165) is 38.6 Å². The molecule has 1 aliphatic carbocycles. The van der Waals surface area contributed by atoms with Crippen LogP contribution in [0.25, 0.3) is 0 Å². The Bertz CT molecular complexity index is 325. The summed E-state index contributed by atoms with van der Waals surface area (Å²) in [6, 6.07) is 0.981. The molecule has 4 nitrogen and oxygen atoms in total. The van der Waals surface area contributed by atoms with Gasteiger partial charge < -0.3 is 11.1 Å². The van der Waals surface area contributed by atoms with E-state index in [4.69, 9.17) is 5.73 Å². The first-order valence-electron chi connectivity index (χ1n) is 7.50. The van der Waals surface area contributed by atoms with Crippen LogP contribution in [0.5, 0.6) is 0 Å². The third kappa shape index (κ3) is 1.95. The second-order valence-electron chi connectivity index (χ2n) is 6.31. The van der Waals surface area contributed by atoms with Crippen LogP contribution in [-0.4, -0.2) is 42.5 Å². The molecule has 1 amide bonds. The van der Waals surface area contributed by atoms with Gasteiger partial charge in [-0.2, -0.15) is 0 Å². The van der Waals surface area contributed by atoms with Crippen molar-refractivity contribution in [2.75, 3.05) is 19.6 Å². The lowest BCUT2D eigenvalue weighted by molar-refractivity contribution is -0.131. The van der Waals surface area contributed by atoms with E-state index in [2.05, 4.69) is 10.2 Å². The Labute approximate surface area is 109 Å². The van der Waals surface area contributed by atoms with E-state index in [0.29, 0.717) is 18.6 Å². The first-order chi connectivity index (χ1) is 8.75. The van der Waals surface area contributed by atoms with Crippen molar-refractivity contribution in [3.63, 3.8) is 0 Å². The molecule has 0 aromatic carbocycles. The Kier molecular flexibility index (Phi) is 3.32. The van der Waals surface area contributed by atoms with E-state index in [1.807, 2.05) is 0 Å². The highest BCUT2D eigenvalue weighted by Crippen LogP contribution is 2.38. The number of nitrogens with two attached hydrogens (primary N) is 1. The van der Waals surface area contributed by atoms with E-state index >= 15 is 0 Å². The van der Waals surface area contributed by atoms with Crippen LogP contribution >= 0.6 is 0 Å². The minimum atomic E-state index is -0.244. The highest BCUT2D eigenvalue weighted by atomic mass is 16.2. The Hall–Kier alpha value is -0.610. The molecule has 3 aliphatic rings. The summed E-state index contributed by atoms with van der Waals surface area (Å²) in [4.78, 5) is 15.1. The Morgan fingerprint density at radius 1 is 1.22 bits per heavy atom. The van der Waals surface area contributed by atoms with Gasteiger partial charge in [0, 0.05) is 25.2 Å². The SMILES string of the molecule is NCC1(C(=O)NC2CCN3CCCC23)CCCC1. The van der Waals surface area contributed by atoms with Crippen molar-refractivity contribution in [3.05, 3.63) is 0 Å². The fourth-order valence-electron chi connectivity index (χ4n) is 4.15. The molecule has 0 spiro atoms. The van der Waals surface area contributed by atoms with Crippen LogP contribution in [0.15, 0.2) is 0 Å². The lowest BCUT2D eigenvalue weighted by Gasteiger charge is -2.29. The minimum Gasteiger partial charge on any atom is -0.351 e. The predicted molar refractivity (Wildman–Crippen MR) is 71.1 cm³/mol. The molecule has 0 aromatic rings. The van der Waals surface area contributed by atoms with Crippen LogP contribution in [0.4, 0.5) is 0 Å². The summed E-state index contributed by atoms with van der Waals surface area (Å²) in [6.07, 6.45) is 7.94. The quantitative estimate of drug-likeness (QED) is 0.782. The zero-order valence-corrected chi connectivity index (χ0v) is 11.2. The lowest BCUT2D eigenvalue weighted by atomic mass is 9.84. The standard InChI is InChI=1S/C14H25N3O/c15-10-14(6-1-2-7-14)13(18)16-11-5-9-17-8-3-4-12(11)17/h11-12H,1-10,15H2,(H,16,18). The van der Waals surface area contributed by atoms with Crippen molar-refractivity contribution in [1.82, 2.24) is 10.2 Å². The Balaban J connectivity index is 1.63. The minimum absolute atomic E-state index is 0.237. The van der Waals surface area contributed by atoms with Crippen molar-refractivity contribution < 1.29 is 4.79 Å². The van der Waals surface area contributed by atoms with Crippen LogP contribution in [-0.2, 0) is 4.79 Å². The normalized spacial score (nSPS) is 34.7. The van der Waals surface area contributed by atoms with Crippen molar-refractivity contribution in [3.8, 4) is 0 Å². The van der Waals surface area contributed by atoms with Gasteiger partial charge in [-0.3, -0.25) is 9.69 Å². The number of nitrogens with zero attached hydrogens (tertiary/aromatic N) is 1. The maximum absolute atomic E-state index is 12.5. The molecule has 3 N–H and O–H groups in total. The molecule has 4 heteroatoms. The summed E-state index contributed by atoms with van der Waals surface area (Å²) >= 11 is 0. The maximum Gasteiger partial charge on any atom is 0.227 e. The molecule has 2 unspecified atom stereocenters. The van der Waals surface area contributed by atoms with Gasteiger partial charge in [-0.1, -0.05) is 12.8 Å². The van der Waals surface area contributed by atoms with Crippen LogP contribution in [0.2, 0.25) is 0 Å². The van der Waals surface area contributed by atoms with Gasteiger partial charge >= 0.3 is 0 Å². The molecule has 2 heterocycles. The van der Waals surface area contributed by atoms with Crippen LogP contribution in [0, 0.1) is 5.41 Å². The second kappa shape index (κ2) is 4.82. The molecular formula is C14H25N3O. The lowest BCUT2D eigenvalue weighted by Crippen LogP contribution is -2.50. The molecule has 2 aliphatic heterocycles. The molecular weight excluding hydrogens is 226 g/mol. The predicted octanol–water partition coefficient (Wildman–Crippen LogP) is 0.858. The van der Waals surface area contributed by atoms with Gasteiger partial charge in [0.15, 0.2) is 0 Å². The summed E-state index contributed by atoms with van der Waals surface area (Å²) in [5.74, 6) is 0.237. The van der Waals surface area contributed by atoms with Gasteiger partial charge in [0.1, 0.15) is 0 Å². The molecule has 0 bridgehead atoms. The summed E-state index contributed by atoms with van der Waals surface area (Å²) in [6.45, 7) is 2.89. The van der Waals surface area contributed by atoms with Crippen LogP contribution in [0.1, 0.15) is 44.9 Å². The molecule has 3 fully saturated rings. The highest BCUT2D eigenvalue weighted by molar-refractivity contribution is 5.83. The molecule has 0 radical (unpaired) electrons. The number of amides is 1. The largest absolute Gasteiger partial charge is 0.351 e. The summed E-state index contributed by atoms with van der Waals surface area (Å²) < 4.78 is 0. The Morgan fingerprint density at radius 3 is 2.72 bits per heavy atom. The van der Waals surface area contributed by atoms with Gasteiger partial charge in [-0.25, -0.2) is 0 Å². The van der Waals surface area contributed by atoms with E-state index < -0.39 is 0 Å². The zero-order chi connectivity index (χ0) is 12.6. The number of rotatable bonds is 3. The van der Waals surface area contributed by atoms with Gasteiger partial charge in [0.25, 0.3) is 0 Å². The number of hydrogen-bond donors (Lipinski definition) is 2. The summed E-state index contributed by atoms with van der Waals surface area (Å²) in [5, 5.41) is 3.32. The van der Waals surface area contributed by atoms with Gasteiger partial charge in [-0.05, 0) is 38.6 Å². The van der Waals surface area contributed by atoms with Crippen LogP contribution < -0.4 is 11.1 Å². The van der Waals surface area contributed by atoms with Crippen molar-refractivity contribution in [1.29, 1.82) is 0 Å². The molecule has 102 valence electrons. The van der Waals surface area contributed by atoms with E-state index in [1.54, 1.807) is 0 Å². The average Bonchev–Trinajstić information content (AvgIpc) is 3.06. The van der Waals surface area contributed by atoms with E-state index in [9.17, 15) is 4.79 Å². The first-order valence-corrected chi connectivity index (χ1v) is 7.50. The van der Waals surface area contributed by atoms with E-state index in [1.165, 1.54) is 19.4 Å². The molecule has 2 saturated heterocycles. The summed E-state index contributed by atoms with van der Waals surface area (Å²) in [7, 11) is 0. The smallest absolute Gasteiger partial charge is 0.227 e. The number of nitrogens with one attached hydrogen (secondary N) is 1. The topological polar surface area (TPSA) is 58.4 Å². The molecule has 3 rings (SSSR count). The first kappa shape index (κ1) is 12.4. The monoisotopic (exact) mass is 251 g/mol. The fourth-order valence-corrected chi connectivity index (χ4v) is 4.15. The highest BCUT2D eigenvalue weighted by Gasteiger charge is 2.43. The zero-order valence-electron chi connectivity index (χ0n) is 11.2. The molecule has 2 atom stereocenters. The van der Waals surface area contributed by atoms with Gasteiger partial charge in [0.05, 0.1) is 5.41 Å². The van der Waals surface area contributed by atoms with Crippen molar-refractivity contribution in [2.24, 2.45) is 11.1 Å². The van der Waals surface area contributed by atoms with Crippen molar-refractivity contribution in [2.45, 2.75) is 57.0 Å². The molecule has 1 saturated carbocycles. The van der Waals surface area contributed by atoms with Gasteiger partial charge in [0.2, 0.25) is 5.91 Å². The second-order valence-corrected chi connectivity index (χ2v) is 6.31. The fraction of sp³-hybridized carbons (Fsp3) is 0.929. The summed E-state index contributed by atoms with van der Waals surface area (Å²) in [5.41, 5.74) is 5.64. The van der Waals surface area contributed by atoms with Gasteiger partial charge in [-0.15, -0.1) is 0 Å². The third-order valence-electron chi connectivity index (χ3n) is 5.36. The molecule has 18 heavy (non-hydrogen) atoms. The number of carbonyl (C=O) groups excluding carboxylic acids is 1. The number of fused-ring (bicyclic) bond motifs is 1.